The van der Waals surface area contributed by atoms with E-state index in [1.165, 1.54) is 0 Å². The normalized spacial score (nSPS) is 11.6. The van der Waals surface area contributed by atoms with Crippen LogP contribution in [0.3, 0.4) is 0 Å². The molecule has 0 spiro atoms. The summed E-state index contributed by atoms with van der Waals surface area (Å²) in [6.45, 7) is 2.58. The highest BCUT2D eigenvalue weighted by molar-refractivity contribution is 7.12. The summed E-state index contributed by atoms with van der Waals surface area (Å²) in [5.41, 5.74) is 1.81. The number of nitrogens with zero attached hydrogens (tertiary/aromatic N) is 4. The topological polar surface area (TPSA) is 52.8 Å². The summed E-state index contributed by atoms with van der Waals surface area (Å²) in [6, 6.07) is 0. The van der Waals surface area contributed by atoms with Crippen LogP contribution in [0.5, 0.6) is 0 Å². The van der Waals surface area contributed by atoms with E-state index in [0.717, 1.165) is 27.7 Å². The maximum atomic E-state index is 6.15. The van der Waals surface area contributed by atoms with Gasteiger partial charge in [-0.15, -0.1) is 10.2 Å². The predicted octanol–water partition coefficient (Wildman–Crippen LogP) is 2.59. The number of hydrogen-bond acceptors (Lipinski definition) is 5. The number of halogens is 1. The Morgan fingerprint density at radius 2 is 2.16 bits per heavy atom. The van der Waals surface area contributed by atoms with Gasteiger partial charge in [0.15, 0.2) is 0 Å². The van der Waals surface area contributed by atoms with Crippen molar-refractivity contribution in [3.63, 3.8) is 0 Å². The third kappa shape index (κ3) is 3.40. The summed E-state index contributed by atoms with van der Waals surface area (Å²) in [4.78, 5) is 0. The fraction of sp³-hybridized carbons (Fsp3) is 0.417. The third-order valence-corrected chi connectivity index (χ3v) is 3.99. The molecule has 0 aromatic carbocycles. The quantitative estimate of drug-likeness (QED) is 0.851. The van der Waals surface area contributed by atoms with E-state index in [9.17, 15) is 0 Å². The Bertz CT molecular complexity index is 591. The summed E-state index contributed by atoms with van der Waals surface area (Å²) >= 11 is 7.71. The summed E-state index contributed by atoms with van der Waals surface area (Å²) in [5.74, 6) is 0. The van der Waals surface area contributed by atoms with Crippen LogP contribution >= 0.6 is 22.9 Å². The number of rotatable bonds is 5. The van der Waals surface area contributed by atoms with Gasteiger partial charge < -0.3 is 4.74 Å². The maximum Gasteiger partial charge on any atom is 0.140 e. The van der Waals surface area contributed by atoms with E-state index < -0.39 is 0 Å². The first-order valence-corrected chi connectivity index (χ1v) is 6.99. The van der Waals surface area contributed by atoms with Crippen molar-refractivity contribution < 1.29 is 4.74 Å². The van der Waals surface area contributed by atoms with Crippen molar-refractivity contribution in [1.29, 1.82) is 0 Å². The average Bonchev–Trinajstić information content (AvgIpc) is 2.92. The maximum absolute atomic E-state index is 6.15. The molecule has 0 saturated carbocycles. The Labute approximate surface area is 120 Å². The van der Waals surface area contributed by atoms with Crippen LogP contribution in [-0.2, 0) is 18.2 Å². The molecule has 0 bridgehead atoms. The van der Waals surface area contributed by atoms with Crippen LogP contribution in [0.2, 0.25) is 5.15 Å². The molecule has 2 heterocycles. The van der Waals surface area contributed by atoms with Crippen molar-refractivity contribution in [1.82, 2.24) is 20.0 Å². The van der Waals surface area contributed by atoms with E-state index in [1.807, 2.05) is 26.1 Å². The second kappa shape index (κ2) is 6.27. The van der Waals surface area contributed by atoms with Gasteiger partial charge in [-0.05, 0) is 19.1 Å². The molecule has 0 N–H and O–H groups in total. The molecule has 0 amide bonds. The zero-order valence-electron chi connectivity index (χ0n) is 11.1. The SMILES string of the molecule is COCCc1nnc(/C=C/c2c(C)nn(C)c2Cl)s1. The van der Waals surface area contributed by atoms with Crippen molar-refractivity contribution in [2.75, 3.05) is 13.7 Å². The van der Waals surface area contributed by atoms with Gasteiger partial charge in [0.1, 0.15) is 15.2 Å². The Balaban J connectivity index is 2.12. The monoisotopic (exact) mass is 298 g/mol. The summed E-state index contributed by atoms with van der Waals surface area (Å²) in [5, 5.41) is 14.9. The molecule has 5 nitrogen and oxygen atoms in total. The molecule has 19 heavy (non-hydrogen) atoms. The summed E-state index contributed by atoms with van der Waals surface area (Å²) in [7, 11) is 3.50. The minimum atomic E-state index is 0.623. The van der Waals surface area contributed by atoms with Gasteiger partial charge in [-0.25, -0.2) is 0 Å². The fourth-order valence-electron chi connectivity index (χ4n) is 1.61. The highest BCUT2D eigenvalue weighted by atomic mass is 35.5. The van der Waals surface area contributed by atoms with Gasteiger partial charge in [-0.1, -0.05) is 22.9 Å². The Morgan fingerprint density at radius 3 is 2.79 bits per heavy atom. The number of hydrogen-bond donors (Lipinski definition) is 0. The van der Waals surface area contributed by atoms with Gasteiger partial charge in [0.25, 0.3) is 0 Å². The van der Waals surface area contributed by atoms with E-state index in [0.29, 0.717) is 11.8 Å². The molecule has 0 aliphatic carbocycles. The van der Waals surface area contributed by atoms with Gasteiger partial charge >= 0.3 is 0 Å². The highest BCUT2D eigenvalue weighted by Gasteiger charge is 2.08. The van der Waals surface area contributed by atoms with E-state index in [2.05, 4.69) is 15.3 Å². The van der Waals surface area contributed by atoms with Crippen molar-refractivity contribution in [2.45, 2.75) is 13.3 Å². The second-order valence-corrected chi connectivity index (χ2v) is 5.48. The van der Waals surface area contributed by atoms with Crippen molar-refractivity contribution in [2.24, 2.45) is 7.05 Å². The van der Waals surface area contributed by atoms with Crippen LogP contribution in [0.15, 0.2) is 0 Å². The Morgan fingerprint density at radius 1 is 1.37 bits per heavy atom. The molecule has 0 unspecified atom stereocenters. The molecule has 2 aromatic rings. The number of ether oxygens (including phenoxy) is 1. The van der Waals surface area contributed by atoms with E-state index in [-0.39, 0.29) is 0 Å². The van der Waals surface area contributed by atoms with E-state index in [1.54, 1.807) is 23.1 Å². The Hall–Kier alpha value is -1.24. The second-order valence-electron chi connectivity index (χ2n) is 4.02. The molecule has 0 saturated heterocycles. The number of methoxy groups -OCH3 is 1. The number of aryl methyl sites for hydroxylation is 2. The molecule has 102 valence electrons. The van der Waals surface area contributed by atoms with Crippen LogP contribution in [-0.4, -0.2) is 33.7 Å². The van der Waals surface area contributed by atoms with Crippen LogP contribution in [0, 0.1) is 6.92 Å². The first-order valence-electron chi connectivity index (χ1n) is 5.80. The van der Waals surface area contributed by atoms with Crippen LogP contribution in [0.1, 0.15) is 21.3 Å². The predicted molar refractivity (Wildman–Crippen MR) is 77.4 cm³/mol. The van der Waals surface area contributed by atoms with Crippen molar-refractivity contribution in [3.05, 3.63) is 26.4 Å². The van der Waals surface area contributed by atoms with Crippen molar-refractivity contribution in [3.8, 4) is 0 Å². The minimum absolute atomic E-state index is 0.623. The molecule has 7 heteroatoms. The molecular weight excluding hydrogens is 284 g/mol. The average molecular weight is 299 g/mol. The lowest BCUT2D eigenvalue weighted by Gasteiger charge is -1.91. The van der Waals surface area contributed by atoms with Gasteiger partial charge in [0, 0.05) is 26.1 Å². The zero-order chi connectivity index (χ0) is 13.8. The van der Waals surface area contributed by atoms with Gasteiger partial charge in [0.05, 0.1) is 12.3 Å². The molecule has 2 rings (SSSR count). The molecular formula is C12H15ClN4OS. The first kappa shape index (κ1) is 14.2. The summed E-state index contributed by atoms with van der Waals surface area (Å²) < 4.78 is 6.66. The standard InChI is InChI=1S/C12H15ClN4OS/c1-8-9(12(13)17(2)16-8)4-5-10-14-15-11(19-10)6-7-18-3/h4-5H,6-7H2,1-3H3/b5-4+. The smallest absolute Gasteiger partial charge is 0.140 e. The molecule has 0 atom stereocenters. The molecule has 0 aliphatic rings. The molecule has 0 fully saturated rings. The van der Waals surface area contributed by atoms with Gasteiger partial charge in [-0.3, -0.25) is 4.68 Å². The first-order chi connectivity index (χ1) is 9.11. The van der Waals surface area contributed by atoms with Crippen molar-refractivity contribution >= 4 is 35.1 Å². The lowest BCUT2D eigenvalue weighted by molar-refractivity contribution is 0.202. The largest absolute Gasteiger partial charge is 0.384 e. The van der Waals surface area contributed by atoms with E-state index >= 15 is 0 Å². The summed E-state index contributed by atoms with van der Waals surface area (Å²) in [6.07, 6.45) is 4.61. The van der Waals surface area contributed by atoms with E-state index in [4.69, 9.17) is 16.3 Å². The highest BCUT2D eigenvalue weighted by Crippen LogP contribution is 2.22. The lowest BCUT2D eigenvalue weighted by Crippen LogP contribution is -1.92. The fourth-order valence-corrected chi connectivity index (χ4v) is 2.58. The van der Waals surface area contributed by atoms with Gasteiger partial charge in [-0.2, -0.15) is 5.10 Å². The number of aromatic nitrogens is 4. The molecule has 0 radical (unpaired) electrons. The molecule has 2 aromatic heterocycles. The lowest BCUT2D eigenvalue weighted by atomic mass is 10.2. The van der Waals surface area contributed by atoms with Crippen LogP contribution < -0.4 is 0 Å². The Kier molecular flexibility index (Phi) is 4.68. The van der Waals surface area contributed by atoms with Gasteiger partial charge in [0.2, 0.25) is 0 Å². The molecule has 0 aliphatic heterocycles. The zero-order valence-corrected chi connectivity index (χ0v) is 12.6. The minimum Gasteiger partial charge on any atom is -0.384 e. The van der Waals surface area contributed by atoms with Crippen LogP contribution in [0.4, 0.5) is 0 Å². The van der Waals surface area contributed by atoms with Crippen LogP contribution in [0.25, 0.3) is 12.2 Å². The third-order valence-electron chi connectivity index (χ3n) is 2.59.